The molecule has 1 saturated heterocycles. The van der Waals surface area contributed by atoms with E-state index in [-0.39, 0.29) is 10.9 Å². The van der Waals surface area contributed by atoms with Gasteiger partial charge in [0.25, 0.3) is 0 Å². The van der Waals surface area contributed by atoms with Crippen molar-refractivity contribution in [1.82, 2.24) is 4.31 Å². The predicted molar refractivity (Wildman–Crippen MR) is 86.4 cm³/mol. The first-order chi connectivity index (χ1) is 11.1. The van der Waals surface area contributed by atoms with Gasteiger partial charge in [-0.15, -0.1) is 0 Å². The summed E-state index contributed by atoms with van der Waals surface area (Å²) in [7, 11) is -3.56. The van der Waals surface area contributed by atoms with Crippen LogP contribution in [-0.2, 0) is 16.4 Å². The summed E-state index contributed by atoms with van der Waals surface area (Å²) < 4.78 is 40.0. The molecule has 0 amide bonds. The molecule has 0 aromatic heterocycles. The zero-order valence-corrected chi connectivity index (χ0v) is 13.3. The minimum Gasteiger partial charge on any atom is -0.365 e. The van der Waals surface area contributed by atoms with Gasteiger partial charge in [-0.1, -0.05) is 18.2 Å². The van der Waals surface area contributed by atoms with Crippen molar-refractivity contribution < 1.29 is 12.8 Å². The fourth-order valence-electron chi connectivity index (χ4n) is 3.51. The van der Waals surface area contributed by atoms with Gasteiger partial charge in [0.2, 0.25) is 10.0 Å². The first-order valence-corrected chi connectivity index (χ1v) is 9.10. The van der Waals surface area contributed by atoms with Crippen LogP contribution in [0.1, 0.15) is 5.56 Å². The Morgan fingerprint density at radius 3 is 2.52 bits per heavy atom. The number of anilines is 1. The lowest BCUT2D eigenvalue weighted by molar-refractivity contribution is 0.340. The third-order valence-electron chi connectivity index (χ3n) is 4.65. The van der Waals surface area contributed by atoms with E-state index < -0.39 is 15.8 Å². The number of hydrogen-bond acceptors (Lipinski definition) is 3. The molecule has 23 heavy (non-hydrogen) atoms. The fourth-order valence-corrected chi connectivity index (χ4v) is 4.98. The second-order valence-electron chi connectivity index (χ2n) is 6.00. The lowest BCUT2D eigenvalue weighted by Crippen LogP contribution is -2.53. The summed E-state index contributed by atoms with van der Waals surface area (Å²) >= 11 is 0. The number of nitrogens with zero attached hydrogens (tertiary/aromatic N) is 2. The van der Waals surface area contributed by atoms with Crippen LogP contribution in [0.3, 0.4) is 0 Å². The first-order valence-electron chi connectivity index (χ1n) is 7.66. The van der Waals surface area contributed by atoms with Crippen molar-refractivity contribution in [3.63, 3.8) is 0 Å². The molecule has 2 aliphatic rings. The lowest BCUT2D eigenvalue weighted by Gasteiger charge is -2.38. The van der Waals surface area contributed by atoms with Gasteiger partial charge >= 0.3 is 0 Å². The lowest BCUT2D eigenvalue weighted by atomic mass is 10.1. The molecular weight excluding hydrogens is 315 g/mol. The Bertz CT molecular complexity index is 836. The van der Waals surface area contributed by atoms with E-state index in [4.69, 9.17) is 0 Å². The highest BCUT2D eigenvalue weighted by molar-refractivity contribution is 7.89. The van der Waals surface area contributed by atoms with E-state index >= 15 is 0 Å². The second-order valence-corrected chi connectivity index (χ2v) is 7.93. The molecule has 2 aromatic rings. The monoisotopic (exact) mass is 332 g/mol. The largest absolute Gasteiger partial charge is 0.365 e. The van der Waals surface area contributed by atoms with Crippen LogP contribution in [0, 0.1) is 5.82 Å². The number of hydrogen-bond donors (Lipinski definition) is 0. The third-order valence-corrected chi connectivity index (χ3v) is 6.53. The van der Waals surface area contributed by atoms with Gasteiger partial charge in [0.1, 0.15) is 5.82 Å². The highest BCUT2D eigenvalue weighted by Crippen LogP contribution is 2.35. The Hall–Kier alpha value is -1.92. The molecule has 1 fully saturated rings. The average molecular weight is 332 g/mol. The Morgan fingerprint density at radius 1 is 1.00 bits per heavy atom. The Labute approximate surface area is 135 Å². The SMILES string of the molecule is O=S(=O)(c1ccc(F)cc1)N1CCN2c3ccccc3CC2C1. The normalized spacial score (nSPS) is 21.1. The number of piperazine rings is 1. The quantitative estimate of drug-likeness (QED) is 0.847. The van der Waals surface area contributed by atoms with E-state index in [1.165, 1.54) is 39.8 Å². The first kappa shape index (κ1) is 14.7. The summed E-state index contributed by atoms with van der Waals surface area (Å²) in [5, 5.41) is 0. The summed E-state index contributed by atoms with van der Waals surface area (Å²) in [5.74, 6) is -0.431. The molecular formula is C17H17FN2O2S. The zero-order chi connectivity index (χ0) is 16.0. The van der Waals surface area contributed by atoms with Crippen LogP contribution in [0.4, 0.5) is 10.1 Å². The molecule has 1 unspecified atom stereocenters. The van der Waals surface area contributed by atoms with E-state index in [9.17, 15) is 12.8 Å². The number of sulfonamides is 1. The highest BCUT2D eigenvalue weighted by Gasteiger charge is 2.38. The van der Waals surface area contributed by atoms with Crippen LogP contribution in [0.2, 0.25) is 0 Å². The molecule has 0 aliphatic carbocycles. The summed E-state index contributed by atoms with van der Waals surface area (Å²) in [4.78, 5) is 2.45. The van der Waals surface area contributed by atoms with Crippen LogP contribution in [-0.4, -0.2) is 38.4 Å². The molecule has 2 heterocycles. The van der Waals surface area contributed by atoms with Crippen molar-refractivity contribution in [2.45, 2.75) is 17.4 Å². The van der Waals surface area contributed by atoms with Gasteiger partial charge in [0.15, 0.2) is 0 Å². The highest BCUT2D eigenvalue weighted by atomic mass is 32.2. The van der Waals surface area contributed by atoms with Crippen molar-refractivity contribution in [3.8, 4) is 0 Å². The van der Waals surface area contributed by atoms with Crippen molar-refractivity contribution in [3.05, 3.63) is 59.9 Å². The maximum Gasteiger partial charge on any atom is 0.243 e. The summed E-state index contributed by atoms with van der Waals surface area (Å²) in [6.45, 7) is 1.60. The Kier molecular flexibility index (Phi) is 3.39. The maximum absolute atomic E-state index is 13.0. The number of para-hydroxylation sites is 1. The van der Waals surface area contributed by atoms with E-state index in [2.05, 4.69) is 17.0 Å². The number of rotatable bonds is 2. The molecule has 0 N–H and O–H groups in total. The summed E-state index contributed by atoms with van der Waals surface area (Å²) in [5.41, 5.74) is 2.50. The topological polar surface area (TPSA) is 40.6 Å². The summed E-state index contributed by atoms with van der Waals surface area (Å²) in [6.07, 6.45) is 0.867. The van der Waals surface area contributed by atoms with Gasteiger partial charge in [0, 0.05) is 31.4 Å². The van der Waals surface area contributed by atoms with Crippen LogP contribution >= 0.6 is 0 Å². The van der Waals surface area contributed by atoms with Gasteiger partial charge in [-0.25, -0.2) is 12.8 Å². The van der Waals surface area contributed by atoms with Crippen molar-refractivity contribution in [2.24, 2.45) is 0 Å². The van der Waals surface area contributed by atoms with Gasteiger partial charge < -0.3 is 4.90 Å². The van der Waals surface area contributed by atoms with Crippen molar-refractivity contribution in [2.75, 3.05) is 24.5 Å². The molecule has 2 aliphatic heterocycles. The second kappa shape index (κ2) is 5.32. The van der Waals surface area contributed by atoms with Crippen molar-refractivity contribution >= 4 is 15.7 Å². The van der Waals surface area contributed by atoms with Gasteiger partial charge in [0.05, 0.1) is 4.90 Å². The molecule has 6 heteroatoms. The van der Waals surface area contributed by atoms with Gasteiger partial charge in [-0.2, -0.15) is 4.31 Å². The minimum atomic E-state index is -3.56. The number of benzene rings is 2. The molecule has 120 valence electrons. The molecule has 4 rings (SSSR count). The third kappa shape index (κ3) is 2.42. The molecule has 0 bridgehead atoms. The molecule has 0 saturated carbocycles. The van der Waals surface area contributed by atoms with E-state index in [0.717, 1.165) is 6.42 Å². The van der Waals surface area contributed by atoms with Gasteiger partial charge in [-0.05, 0) is 42.3 Å². The van der Waals surface area contributed by atoms with E-state index in [1.807, 2.05) is 12.1 Å². The number of halogens is 1. The maximum atomic E-state index is 13.0. The molecule has 0 radical (unpaired) electrons. The fraction of sp³-hybridized carbons (Fsp3) is 0.294. The molecule has 0 spiro atoms. The summed E-state index contributed by atoms with van der Waals surface area (Å²) in [6, 6.07) is 13.5. The van der Waals surface area contributed by atoms with E-state index in [1.54, 1.807) is 0 Å². The predicted octanol–water partition coefficient (Wildman–Crippen LogP) is 2.26. The molecule has 2 aromatic carbocycles. The van der Waals surface area contributed by atoms with Crippen LogP contribution in [0.15, 0.2) is 53.4 Å². The molecule has 4 nitrogen and oxygen atoms in total. The average Bonchev–Trinajstić information content (AvgIpc) is 2.93. The zero-order valence-electron chi connectivity index (χ0n) is 12.5. The standard InChI is InChI=1S/C17H17FN2O2S/c18-14-5-7-16(8-6-14)23(21,22)19-9-10-20-15(12-19)11-13-3-1-2-4-17(13)20/h1-8,15H,9-12H2. The minimum absolute atomic E-state index is 0.155. The molecule has 1 atom stereocenters. The Morgan fingerprint density at radius 2 is 1.74 bits per heavy atom. The van der Waals surface area contributed by atoms with Gasteiger partial charge in [-0.3, -0.25) is 0 Å². The van der Waals surface area contributed by atoms with Crippen LogP contribution in [0.5, 0.6) is 0 Å². The smallest absolute Gasteiger partial charge is 0.243 e. The number of fused-ring (bicyclic) bond motifs is 3. The van der Waals surface area contributed by atoms with E-state index in [0.29, 0.717) is 19.6 Å². The van der Waals surface area contributed by atoms with Crippen molar-refractivity contribution in [1.29, 1.82) is 0 Å². The van der Waals surface area contributed by atoms with Crippen LogP contribution in [0.25, 0.3) is 0 Å². The Balaban J connectivity index is 1.59. The van der Waals surface area contributed by atoms with Crippen LogP contribution < -0.4 is 4.90 Å².